The van der Waals surface area contributed by atoms with Crippen LogP contribution in [-0.4, -0.2) is 34.0 Å². The minimum atomic E-state index is -0.413. The number of aliphatic hydroxyl groups excluding tert-OH is 1. The molecule has 1 aromatic rings. The molecule has 2 atom stereocenters. The third kappa shape index (κ3) is 2.54. The van der Waals surface area contributed by atoms with Gasteiger partial charge in [-0.05, 0) is 26.2 Å². The number of ether oxygens (including phenoxy) is 1. The zero-order valence-electron chi connectivity index (χ0n) is 10.4. The number of aliphatic hydroxyl groups is 1. The molecule has 18 heavy (non-hydrogen) atoms. The predicted molar refractivity (Wildman–Crippen MR) is 65.8 cm³/mol. The van der Waals surface area contributed by atoms with E-state index >= 15 is 0 Å². The number of nitrogens with one attached hydrogen (secondary N) is 1. The highest BCUT2D eigenvalue weighted by molar-refractivity contribution is 5.02. The first-order valence-corrected chi connectivity index (χ1v) is 6.18. The van der Waals surface area contributed by atoms with Gasteiger partial charge in [-0.15, -0.1) is 0 Å². The summed E-state index contributed by atoms with van der Waals surface area (Å²) in [6.45, 7) is 2.34. The van der Waals surface area contributed by atoms with E-state index in [2.05, 4.69) is 4.98 Å². The fourth-order valence-corrected chi connectivity index (χ4v) is 2.38. The van der Waals surface area contributed by atoms with Crippen LogP contribution >= 0.6 is 0 Å². The van der Waals surface area contributed by atoms with Crippen LogP contribution in [0.25, 0.3) is 0 Å². The van der Waals surface area contributed by atoms with E-state index in [0.29, 0.717) is 18.6 Å². The average molecular weight is 254 g/mol. The quantitative estimate of drug-likeness (QED) is 0.792. The van der Waals surface area contributed by atoms with E-state index in [4.69, 9.17) is 9.84 Å². The van der Waals surface area contributed by atoms with Crippen molar-refractivity contribution in [3.8, 4) is 0 Å². The van der Waals surface area contributed by atoms with Crippen molar-refractivity contribution in [2.45, 2.75) is 38.3 Å². The lowest BCUT2D eigenvalue weighted by Crippen LogP contribution is -2.40. The molecule has 2 N–H and O–H groups in total. The minimum absolute atomic E-state index is 0.0260. The van der Waals surface area contributed by atoms with Crippen molar-refractivity contribution < 1.29 is 9.84 Å². The molecule has 1 aliphatic heterocycles. The second-order valence-electron chi connectivity index (χ2n) is 4.61. The molecule has 2 heterocycles. The highest BCUT2D eigenvalue weighted by Crippen LogP contribution is 2.26. The molecule has 0 spiro atoms. The highest BCUT2D eigenvalue weighted by Gasteiger charge is 2.28. The van der Waals surface area contributed by atoms with Crippen LogP contribution in [0.3, 0.4) is 0 Å². The largest absolute Gasteiger partial charge is 0.396 e. The van der Waals surface area contributed by atoms with Gasteiger partial charge in [0, 0.05) is 25.0 Å². The van der Waals surface area contributed by atoms with Crippen LogP contribution in [0.1, 0.15) is 30.9 Å². The second kappa shape index (κ2) is 5.49. The highest BCUT2D eigenvalue weighted by atomic mass is 16.5. The van der Waals surface area contributed by atoms with Crippen LogP contribution in [0.2, 0.25) is 0 Å². The van der Waals surface area contributed by atoms with Crippen LogP contribution in [0.4, 0.5) is 0 Å². The Bertz CT molecular complexity index is 518. The molecule has 1 saturated heterocycles. The maximum absolute atomic E-state index is 11.8. The number of aryl methyl sites for hydroxylation is 1. The molecule has 1 fully saturated rings. The van der Waals surface area contributed by atoms with Gasteiger partial charge in [0.2, 0.25) is 0 Å². The maximum atomic E-state index is 11.8. The Morgan fingerprint density at radius 2 is 2.33 bits per heavy atom. The van der Waals surface area contributed by atoms with Crippen LogP contribution < -0.4 is 11.2 Å². The summed E-state index contributed by atoms with van der Waals surface area (Å²) in [5.41, 5.74) is -0.265. The number of hydrogen-bond donors (Lipinski definition) is 2. The molecule has 1 aliphatic rings. The van der Waals surface area contributed by atoms with Crippen molar-refractivity contribution in [3.05, 3.63) is 32.6 Å². The van der Waals surface area contributed by atoms with E-state index in [1.165, 1.54) is 4.57 Å². The first kappa shape index (κ1) is 13.0. The molecular weight excluding hydrogens is 236 g/mol. The van der Waals surface area contributed by atoms with Crippen LogP contribution in [0, 0.1) is 6.92 Å². The smallest absolute Gasteiger partial charge is 0.328 e. The molecule has 0 bridgehead atoms. The summed E-state index contributed by atoms with van der Waals surface area (Å²) in [6.07, 6.45) is 3.58. The number of H-pyrrole nitrogens is 1. The monoisotopic (exact) mass is 254 g/mol. The zero-order valence-corrected chi connectivity index (χ0v) is 10.4. The number of nitrogens with zero attached hydrogens (tertiary/aromatic N) is 1. The average Bonchev–Trinajstić information content (AvgIpc) is 2.35. The Kier molecular flexibility index (Phi) is 3.98. The summed E-state index contributed by atoms with van der Waals surface area (Å²) in [4.78, 5) is 25.5. The van der Waals surface area contributed by atoms with E-state index in [1.807, 2.05) is 0 Å². The molecule has 0 saturated carbocycles. The van der Waals surface area contributed by atoms with Gasteiger partial charge in [0.1, 0.15) is 0 Å². The molecule has 0 unspecified atom stereocenters. The van der Waals surface area contributed by atoms with Gasteiger partial charge < -0.3 is 9.84 Å². The summed E-state index contributed by atoms with van der Waals surface area (Å²) >= 11 is 0. The van der Waals surface area contributed by atoms with Gasteiger partial charge in [-0.3, -0.25) is 14.3 Å². The van der Waals surface area contributed by atoms with Crippen molar-refractivity contribution >= 4 is 0 Å². The minimum Gasteiger partial charge on any atom is -0.396 e. The number of aromatic amines is 1. The van der Waals surface area contributed by atoms with Crippen LogP contribution in [-0.2, 0) is 4.74 Å². The van der Waals surface area contributed by atoms with Gasteiger partial charge in [-0.25, -0.2) is 4.79 Å². The van der Waals surface area contributed by atoms with E-state index in [1.54, 1.807) is 13.1 Å². The molecule has 2 rings (SSSR count). The summed E-state index contributed by atoms with van der Waals surface area (Å²) < 4.78 is 7.12. The Balaban J connectivity index is 2.36. The Morgan fingerprint density at radius 3 is 3.06 bits per heavy atom. The Hall–Kier alpha value is -1.40. The third-order valence-corrected chi connectivity index (χ3v) is 3.32. The lowest BCUT2D eigenvalue weighted by atomic mass is 10.00. The SMILES string of the molecule is Cc1cn([C@H]2CCCO[C@@H]2CCO)c(=O)[nH]c1=O. The van der Waals surface area contributed by atoms with E-state index in [0.717, 1.165) is 12.8 Å². The standard InChI is InChI=1S/C12H18N2O4/c1-8-7-14(12(17)13-11(8)16)9-3-2-6-18-10(9)4-5-15/h7,9-10,15H,2-6H2,1H3,(H,13,16,17)/t9-,10+/m0/s1. The fraction of sp³-hybridized carbons (Fsp3) is 0.667. The summed E-state index contributed by atoms with van der Waals surface area (Å²) in [7, 11) is 0. The summed E-state index contributed by atoms with van der Waals surface area (Å²) in [5, 5.41) is 9.03. The van der Waals surface area contributed by atoms with Gasteiger partial charge in [0.05, 0.1) is 12.1 Å². The van der Waals surface area contributed by atoms with E-state index < -0.39 is 5.69 Å². The normalized spacial score (nSPS) is 24.1. The molecule has 1 aromatic heterocycles. The lowest BCUT2D eigenvalue weighted by Gasteiger charge is -2.32. The zero-order chi connectivity index (χ0) is 13.1. The Morgan fingerprint density at radius 1 is 1.56 bits per heavy atom. The number of rotatable bonds is 3. The van der Waals surface area contributed by atoms with E-state index in [-0.39, 0.29) is 24.3 Å². The van der Waals surface area contributed by atoms with Gasteiger partial charge in [-0.1, -0.05) is 0 Å². The van der Waals surface area contributed by atoms with Crippen molar-refractivity contribution in [3.63, 3.8) is 0 Å². The molecule has 100 valence electrons. The lowest BCUT2D eigenvalue weighted by molar-refractivity contribution is -0.0340. The van der Waals surface area contributed by atoms with Gasteiger partial charge in [0.25, 0.3) is 5.56 Å². The molecule has 6 heteroatoms. The maximum Gasteiger partial charge on any atom is 0.328 e. The predicted octanol–water partition coefficient (Wildman–Crippen LogP) is -0.0525. The van der Waals surface area contributed by atoms with Crippen molar-refractivity contribution in [2.24, 2.45) is 0 Å². The molecule has 0 amide bonds. The second-order valence-corrected chi connectivity index (χ2v) is 4.61. The molecule has 0 radical (unpaired) electrons. The van der Waals surface area contributed by atoms with Gasteiger partial charge >= 0.3 is 5.69 Å². The van der Waals surface area contributed by atoms with Crippen LogP contribution in [0.15, 0.2) is 15.8 Å². The molecular formula is C12H18N2O4. The van der Waals surface area contributed by atoms with Crippen molar-refractivity contribution in [1.29, 1.82) is 0 Å². The first-order chi connectivity index (χ1) is 8.63. The van der Waals surface area contributed by atoms with Crippen LogP contribution in [0.5, 0.6) is 0 Å². The third-order valence-electron chi connectivity index (χ3n) is 3.32. The molecule has 0 aromatic carbocycles. The van der Waals surface area contributed by atoms with E-state index in [9.17, 15) is 9.59 Å². The van der Waals surface area contributed by atoms with Gasteiger partial charge in [-0.2, -0.15) is 0 Å². The summed E-state index contributed by atoms with van der Waals surface area (Å²) in [5.74, 6) is 0. The van der Waals surface area contributed by atoms with Gasteiger partial charge in [0.15, 0.2) is 0 Å². The van der Waals surface area contributed by atoms with Crippen molar-refractivity contribution in [1.82, 2.24) is 9.55 Å². The fourth-order valence-electron chi connectivity index (χ4n) is 2.38. The first-order valence-electron chi connectivity index (χ1n) is 6.18. The van der Waals surface area contributed by atoms with Crippen molar-refractivity contribution in [2.75, 3.05) is 13.2 Å². The summed E-state index contributed by atoms with van der Waals surface area (Å²) in [6, 6.07) is -0.117. The molecule has 0 aliphatic carbocycles. The number of hydrogen-bond acceptors (Lipinski definition) is 4. The topological polar surface area (TPSA) is 84.3 Å². The molecule has 6 nitrogen and oxygen atoms in total. The Labute approximate surface area is 104 Å². The number of aromatic nitrogens is 2.